The Hall–Kier alpha value is -3.50. The van der Waals surface area contributed by atoms with Crippen LogP contribution in [0, 0.1) is 22.8 Å². The quantitative estimate of drug-likeness (QED) is 0.358. The number of phenolic OH excluding ortho intramolecular Hbond substituents is 1. The molecule has 0 radical (unpaired) electrons. The molecule has 0 saturated carbocycles. The van der Waals surface area contributed by atoms with Crippen LogP contribution in [0.1, 0.15) is 35.2 Å². The number of nitrogen functional groups attached to an aromatic ring is 2. The highest BCUT2D eigenvalue weighted by atomic mass is 79.9. The monoisotopic (exact) mass is 426 g/mol. The van der Waals surface area contributed by atoms with Gasteiger partial charge in [-0.1, -0.05) is 6.92 Å². The van der Waals surface area contributed by atoms with Crippen molar-refractivity contribution in [3.8, 4) is 18.0 Å². The normalized spacial score (nSPS) is 15.0. The highest BCUT2D eigenvalue weighted by Crippen LogP contribution is 2.45. The molecule has 1 atom stereocenters. The topological polar surface area (TPSA) is 169 Å². The minimum atomic E-state index is -0.792. The zero-order chi connectivity index (χ0) is 19.7. The van der Waals surface area contributed by atoms with Crippen LogP contribution in [0.25, 0.3) is 0 Å². The van der Waals surface area contributed by atoms with Crippen LogP contribution in [0.2, 0.25) is 0 Å². The molecular formula is C17H15BrN8O. The van der Waals surface area contributed by atoms with Gasteiger partial charge in [-0.25, -0.2) is 9.98 Å². The largest absolute Gasteiger partial charge is 0.506 e. The highest BCUT2D eigenvalue weighted by Gasteiger charge is 2.31. The third kappa shape index (κ3) is 3.07. The van der Waals surface area contributed by atoms with Crippen LogP contribution in [0.15, 0.2) is 21.6 Å². The maximum atomic E-state index is 10.6. The fourth-order valence-electron chi connectivity index (χ4n) is 2.90. The number of nitriles is 2. The molecule has 9 nitrogen and oxygen atoms in total. The molecule has 0 aliphatic carbocycles. The maximum absolute atomic E-state index is 10.6. The summed E-state index contributed by atoms with van der Waals surface area (Å²) in [5.74, 6) is 0.341. The summed E-state index contributed by atoms with van der Waals surface area (Å²) in [6, 6.07) is 4.76. The van der Waals surface area contributed by atoms with Gasteiger partial charge in [-0.3, -0.25) is 5.32 Å². The summed E-state index contributed by atoms with van der Waals surface area (Å²) >= 11 is 3.35. The second-order valence-electron chi connectivity index (χ2n) is 5.77. The fraction of sp³-hybridized carbons (Fsp3) is 0.176. The molecule has 1 aromatic carbocycles. The van der Waals surface area contributed by atoms with Crippen LogP contribution in [-0.4, -0.2) is 16.1 Å². The Labute approximate surface area is 163 Å². The lowest BCUT2D eigenvalue weighted by atomic mass is 9.93. The van der Waals surface area contributed by atoms with Gasteiger partial charge in [-0.2, -0.15) is 10.5 Å². The number of nitrogens with one attached hydrogen (secondary N) is 2. The van der Waals surface area contributed by atoms with E-state index in [-0.39, 0.29) is 34.6 Å². The molecule has 7 N–H and O–H groups in total. The Bertz CT molecular complexity index is 1050. The SMILES string of the molecule is CCc1cc(Br)c(O)c(C2N=C(NC#N)Nc3nc(N)c(C#N)c(N)c32)c1. The number of rotatable bonds is 2. The summed E-state index contributed by atoms with van der Waals surface area (Å²) in [5, 5.41) is 34.2. The third-order valence-electron chi connectivity index (χ3n) is 4.21. The van der Waals surface area contributed by atoms with E-state index in [2.05, 4.69) is 36.5 Å². The van der Waals surface area contributed by atoms with Gasteiger partial charge in [0, 0.05) is 11.1 Å². The summed E-state index contributed by atoms with van der Waals surface area (Å²) in [7, 11) is 0. The van der Waals surface area contributed by atoms with Gasteiger partial charge >= 0.3 is 0 Å². The number of aliphatic imine (C=N–C) groups is 1. The molecule has 0 fully saturated rings. The van der Waals surface area contributed by atoms with Crippen molar-refractivity contribution in [3.63, 3.8) is 0 Å². The fourth-order valence-corrected chi connectivity index (χ4v) is 3.42. The maximum Gasteiger partial charge on any atom is 0.211 e. The smallest absolute Gasteiger partial charge is 0.211 e. The van der Waals surface area contributed by atoms with Crippen molar-refractivity contribution in [2.24, 2.45) is 4.99 Å². The van der Waals surface area contributed by atoms with Gasteiger partial charge in [0.1, 0.15) is 35.1 Å². The van der Waals surface area contributed by atoms with Gasteiger partial charge in [-0.15, -0.1) is 0 Å². The second-order valence-corrected chi connectivity index (χ2v) is 6.63. The number of fused-ring (bicyclic) bond motifs is 1. The minimum Gasteiger partial charge on any atom is -0.506 e. The third-order valence-corrected chi connectivity index (χ3v) is 4.82. The molecule has 3 rings (SSSR count). The molecule has 0 saturated heterocycles. The van der Waals surface area contributed by atoms with E-state index in [1.54, 1.807) is 12.3 Å². The van der Waals surface area contributed by atoms with E-state index in [9.17, 15) is 10.4 Å². The number of nitrogens with two attached hydrogens (primary N) is 2. The number of phenols is 1. The lowest BCUT2D eigenvalue weighted by molar-refractivity contribution is 0.461. The van der Waals surface area contributed by atoms with Crippen molar-refractivity contribution in [2.45, 2.75) is 19.4 Å². The van der Waals surface area contributed by atoms with Gasteiger partial charge in [-0.05, 0) is 40.0 Å². The Morgan fingerprint density at radius 2 is 2.11 bits per heavy atom. The van der Waals surface area contributed by atoms with Crippen molar-refractivity contribution in [1.29, 1.82) is 10.5 Å². The summed E-state index contributed by atoms with van der Waals surface area (Å²) in [5.41, 5.74) is 14.0. The van der Waals surface area contributed by atoms with Gasteiger partial charge in [0.05, 0.1) is 10.2 Å². The molecule has 2 heterocycles. The van der Waals surface area contributed by atoms with Crippen LogP contribution >= 0.6 is 15.9 Å². The molecule has 10 heteroatoms. The number of benzene rings is 1. The number of guanidine groups is 1. The van der Waals surface area contributed by atoms with Crippen molar-refractivity contribution in [3.05, 3.63) is 38.9 Å². The Morgan fingerprint density at radius 3 is 2.74 bits per heavy atom. The molecule has 2 aromatic rings. The van der Waals surface area contributed by atoms with E-state index in [0.29, 0.717) is 15.6 Å². The predicted octanol–water partition coefficient (Wildman–Crippen LogP) is 2.09. The first-order valence-electron chi connectivity index (χ1n) is 7.91. The summed E-state index contributed by atoms with van der Waals surface area (Å²) < 4.78 is 0.504. The van der Waals surface area contributed by atoms with Crippen LogP contribution < -0.4 is 22.1 Å². The van der Waals surface area contributed by atoms with Gasteiger partial charge < -0.3 is 21.9 Å². The van der Waals surface area contributed by atoms with Crippen LogP contribution in [-0.2, 0) is 6.42 Å². The number of pyridine rings is 1. The first kappa shape index (κ1) is 18.3. The van der Waals surface area contributed by atoms with Crippen molar-refractivity contribution in [1.82, 2.24) is 10.3 Å². The van der Waals surface area contributed by atoms with E-state index in [1.807, 2.05) is 19.1 Å². The van der Waals surface area contributed by atoms with Crippen molar-refractivity contribution in [2.75, 3.05) is 16.8 Å². The second kappa shape index (κ2) is 7.02. The molecule has 1 aromatic heterocycles. The van der Waals surface area contributed by atoms with E-state index in [1.165, 1.54) is 0 Å². The molecular weight excluding hydrogens is 412 g/mol. The lowest BCUT2D eigenvalue weighted by Gasteiger charge is -2.27. The van der Waals surface area contributed by atoms with Crippen molar-refractivity contribution < 1.29 is 5.11 Å². The molecule has 27 heavy (non-hydrogen) atoms. The number of aromatic hydroxyl groups is 1. The van der Waals surface area contributed by atoms with E-state index < -0.39 is 6.04 Å². The molecule has 1 aliphatic heterocycles. The molecule has 0 amide bonds. The Kier molecular flexibility index (Phi) is 4.75. The number of hydrogen-bond acceptors (Lipinski definition) is 9. The van der Waals surface area contributed by atoms with E-state index in [4.69, 9.17) is 16.7 Å². The average Bonchev–Trinajstić information content (AvgIpc) is 2.63. The first-order valence-corrected chi connectivity index (χ1v) is 8.70. The summed E-state index contributed by atoms with van der Waals surface area (Å²) in [4.78, 5) is 8.64. The zero-order valence-corrected chi connectivity index (χ0v) is 15.8. The predicted molar refractivity (Wildman–Crippen MR) is 105 cm³/mol. The van der Waals surface area contributed by atoms with Gasteiger partial charge in [0.2, 0.25) is 5.96 Å². The number of aromatic nitrogens is 1. The lowest BCUT2D eigenvalue weighted by Crippen LogP contribution is -2.32. The molecule has 0 spiro atoms. The minimum absolute atomic E-state index is 0.0140. The number of halogens is 1. The van der Waals surface area contributed by atoms with E-state index in [0.717, 1.165) is 12.0 Å². The number of anilines is 3. The van der Waals surface area contributed by atoms with Crippen LogP contribution in [0.3, 0.4) is 0 Å². The number of aryl methyl sites for hydroxylation is 1. The molecule has 0 bridgehead atoms. The molecule has 1 aliphatic rings. The van der Waals surface area contributed by atoms with Crippen LogP contribution in [0.4, 0.5) is 17.3 Å². The first-order chi connectivity index (χ1) is 12.9. The Morgan fingerprint density at radius 1 is 1.37 bits per heavy atom. The standard InChI is InChI=1S/C17H15BrN8O/c1-2-7-3-8(14(27)10(18)4-7)13-11-12(21)9(5-19)15(22)25-16(11)26-17(24-13)23-6-20/h3-4,13,27H,2H2,1H3,(H6,21,22,23,24,25,26). The highest BCUT2D eigenvalue weighted by molar-refractivity contribution is 9.10. The van der Waals surface area contributed by atoms with E-state index >= 15 is 0 Å². The molecule has 136 valence electrons. The average molecular weight is 427 g/mol. The van der Waals surface area contributed by atoms with Gasteiger partial charge in [0.25, 0.3) is 0 Å². The number of hydrogen-bond donors (Lipinski definition) is 5. The summed E-state index contributed by atoms with van der Waals surface area (Å²) in [6.45, 7) is 1.98. The Balaban J connectivity index is 2.32. The van der Waals surface area contributed by atoms with Gasteiger partial charge in [0.15, 0.2) is 6.19 Å². The van der Waals surface area contributed by atoms with Crippen molar-refractivity contribution >= 4 is 39.2 Å². The number of nitrogens with zero attached hydrogens (tertiary/aromatic N) is 4. The molecule has 1 unspecified atom stereocenters. The summed E-state index contributed by atoms with van der Waals surface area (Å²) in [6.07, 6.45) is 2.51. The zero-order valence-electron chi connectivity index (χ0n) is 14.2. The van der Waals surface area contributed by atoms with Crippen LogP contribution in [0.5, 0.6) is 5.75 Å².